The van der Waals surface area contributed by atoms with Crippen LogP contribution in [-0.2, 0) is 13.6 Å². The Hall–Kier alpha value is -2.01. The highest BCUT2D eigenvalue weighted by atomic mass is 127. The molecule has 8 nitrogen and oxygen atoms in total. The number of guanidine groups is 1. The van der Waals surface area contributed by atoms with Gasteiger partial charge in [-0.25, -0.2) is 0 Å². The molecular weight excluding hydrogens is 483 g/mol. The maximum absolute atomic E-state index is 5.48. The van der Waals surface area contributed by atoms with Gasteiger partial charge in [0.1, 0.15) is 0 Å². The van der Waals surface area contributed by atoms with Crippen LogP contribution in [0, 0.1) is 0 Å². The molecule has 0 saturated carbocycles. The number of hydrogen-bond donors (Lipinski definition) is 1. The molecule has 9 heteroatoms. The van der Waals surface area contributed by atoms with Crippen LogP contribution in [0.5, 0.6) is 11.5 Å². The number of aromatic nitrogens is 2. The Morgan fingerprint density at radius 1 is 1.28 bits per heavy atom. The van der Waals surface area contributed by atoms with Crippen molar-refractivity contribution in [2.75, 3.05) is 41.0 Å². The van der Waals surface area contributed by atoms with E-state index in [0.717, 1.165) is 41.7 Å². The predicted molar refractivity (Wildman–Crippen MR) is 125 cm³/mol. The largest absolute Gasteiger partial charge is 0.454 e. The summed E-state index contributed by atoms with van der Waals surface area (Å²) in [5, 5.41) is 7.68. The molecule has 0 saturated heterocycles. The first-order valence-electron chi connectivity index (χ1n) is 9.51. The summed E-state index contributed by atoms with van der Waals surface area (Å²) >= 11 is 0. The summed E-state index contributed by atoms with van der Waals surface area (Å²) in [7, 11) is 8.11. The highest BCUT2D eigenvalue weighted by Gasteiger charge is 2.18. The number of halogens is 1. The number of aliphatic imine (C=N–C) groups is 1. The van der Waals surface area contributed by atoms with Gasteiger partial charge in [0.2, 0.25) is 6.79 Å². The molecule has 1 unspecified atom stereocenters. The molecule has 2 aromatic rings. The quantitative estimate of drug-likeness (QED) is 0.348. The minimum atomic E-state index is 0. The van der Waals surface area contributed by atoms with Crippen molar-refractivity contribution in [1.29, 1.82) is 0 Å². The molecular formula is C20H31IN6O2. The van der Waals surface area contributed by atoms with Gasteiger partial charge in [0, 0.05) is 38.9 Å². The van der Waals surface area contributed by atoms with E-state index in [4.69, 9.17) is 14.5 Å². The number of aryl methyl sites for hydroxylation is 1. The first kappa shape index (κ1) is 23.3. The van der Waals surface area contributed by atoms with Crippen molar-refractivity contribution in [3.05, 3.63) is 41.7 Å². The molecule has 29 heavy (non-hydrogen) atoms. The van der Waals surface area contributed by atoms with Crippen molar-refractivity contribution in [2.45, 2.75) is 19.5 Å². The Labute approximate surface area is 189 Å². The first-order chi connectivity index (χ1) is 13.5. The van der Waals surface area contributed by atoms with Crippen molar-refractivity contribution in [3.63, 3.8) is 0 Å². The summed E-state index contributed by atoms with van der Waals surface area (Å²) in [6, 6.07) is 6.22. The maximum atomic E-state index is 5.48. The molecule has 1 aliphatic rings. The lowest BCUT2D eigenvalue weighted by molar-refractivity contribution is 0.174. The Morgan fingerprint density at radius 3 is 2.69 bits per heavy atom. The van der Waals surface area contributed by atoms with Crippen LogP contribution in [0.15, 0.2) is 35.6 Å². The number of nitrogens with one attached hydrogen (secondary N) is 1. The number of likely N-dealkylation sites (N-methyl/N-ethyl adjacent to an activating group) is 1. The highest BCUT2D eigenvalue weighted by molar-refractivity contribution is 14.0. The number of fused-ring (bicyclic) bond motifs is 1. The van der Waals surface area contributed by atoms with Crippen LogP contribution in [0.4, 0.5) is 0 Å². The summed E-state index contributed by atoms with van der Waals surface area (Å²) in [5.41, 5.74) is 2.30. The molecule has 1 atom stereocenters. The van der Waals surface area contributed by atoms with Gasteiger partial charge in [0.15, 0.2) is 17.5 Å². The van der Waals surface area contributed by atoms with Crippen molar-refractivity contribution in [1.82, 2.24) is 24.9 Å². The molecule has 0 amide bonds. The summed E-state index contributed by atoms with van der Waals surface area (Å²) in [5.74, 6) is 2.48. The van der Waals surface area contributed by atoms with Crippen molar-refractivity contribution >= 4 is 29.9 Å². The lowest BCUT2D eigenvalue weighted by Crippen LogP contribution is -2.39. The summed E-state index contributed by atoms with van der Waals surface area (Å²) in [4.78, 5) is 9.18. The average molecular weight is 514 g/mol. The van der Waals surface area contributed by atoms with Gasteiger partial charge in [0.25, 0.3) is 0 Å². The second-order valence-corrected chi connectivity index (χ2v) is 7.17. The number of nitrogens with zero attached hydrogens (tertiary/aromatic N) is 5. The molecule has 1 aromatic carbocycles. The monoisotopic (exact) mass is 514 g/mol. The van der Waals surface area contributed by atoms with E-state index in [2.05, 4.69) is 47.3 Å². The van der Waals surface area contributed by atoms with E-state index in [-0.39, 0.29) is 30.0 Å². The van der Waals surface area contributed by atoms with Gasteiger partial charge >= 0.3 is 0 Å². The normalized spacial score (nSPS) is 13.9. The van der Waals surface area contributed by atoms with Crippen LogP contribution in [0.2, 0.25) is 0 Å². The van der Waals surface area contributed by atoms with E-state index < -0.39 is 0 Å². The van der Waals surface area contributed by atoms with Gasteiger partial charge in [0.05, 0.1) is 18.8 Å². The summed E-state index contributed by atoms with van der Waals surface area (Å²) in [6.07, 6.45) is 3.95. The zero-order valence-electron chi connectivity index (χ0n) is 17.8. The third-order valence-corrected chi connectivity index (χ3v) is 4.70. The topological polar surface area (TPSA) is 67.2 Å². The molecule has 160 valence electrons. The minimum absolute atomic E-state index is 0. The van der Waals surface area contributed by atoms with Gasteiger partial charge in [-0.15, -0.1) is 24.0 Å². The second-order valence-electron chi connectivity index (χ2n) is 7.17. The molecule has 1 N–H and O–H groups in total. The van der Waals surface area contributed by atoms with Crippen LogP contribution in [0.3, 0.4) is 0 Å². The third kappa shape index (κ3) is 5.99. The van der Waals surface area contributed by atoms with E-state index in [1.54, 1.807) is 0 Å². The van der Waals surface area contributed by atoms with Gasteiger partial charge in [-0.05, 0) is 38.7 Å². The van der Waals surface area contributed by atoms with Gasteiger partial charge < -0.3 is 24.6 Å². The smallest absolute Gasteiger partial charge is 0.231 e. The molecule has 0 spiro atoms. The molecule has 0 fully saturated rings. The highest BCUT2D eigenvalue weighted by Crippen LogP contribution is 2.32. The van der Waals surface area contributed by atoms with E-state index >= 15 is 0 Å². The lowest BCUT2D eigenvalue weighted by atomic mass is 10.1. The Bertz CT molecular complexity index is 823. The Kier molecular flexibility index (Phi) is 8.57. The molecule has 3 rings (SSSR count). The minimum Gasteiger partial charge on any atom is -0.454 e. The van der Waals surface area contributed by atoms with Crippen LogP contribution in [0.25, 0.3) is 0 Å². The molecule has 1 aromatic heterocycles. The fourth-order valence-electron chi connectivity index (χ4n) is 3.21. The Morgan fingerprint density at radius 2 is 2.03 bits per heavy atom. The molecule has 0 bridgehead atoms. The Balaban J connectivity index is 0.00000300. The van der Waals surface area contributed by atoms with Crippen LogP contribution in [-0.4, -0.2) is 66.6 Å². The van der Waals surface area contributed by atoms with E-state index in [1.807, 2.05) is 43.3 Å². The van der Waals surface area contributed by atoms with Gasteiger partial charge in [-0.3, -0.25) is 9.67 Å². The molecule has 0 radical (unpaired) electrons. The number of benzene rings is 1. The van der Waals surface area contributed by atoms with E-state index in [0.29, 0.717) is 13.3 Å². The van der Waals surface area contributed by atoms with Gasteiger partial charge in [-0.1, -0.05) is 6.07 Å². The summed E-state index contributed by atoms with van der Waals surface area (Å²) in [6.45, 7) is 4.55. The zero-order valence-corrected chi connectivity index (χ0v) is 20.1. The van der Waals surface area contributed by atoms with Crippen molar-refractivity contribution in [3.8, 4) is 11.5 Å². The number of rotatable bonds is 7. The molecule has 1 aliphatic heterocycles. The summed E-state index contributed by atoms with van der Waals surface area (Å²) < 4.78 is 12.7. The van der Waals surface area contributed by atoms with Crippen molar-refractivity contribution < 1.29 is 9.47 Å². The molecule has 2 heterocycles. The fourth-order valence-corrected chi connectivity index (χ4v) is 3.21. The third-order valence-electron chi connectivity index (χ3n) is 4.70. The number of ether oxygens (including phenoxy) is 2. The first-order valence-corrected chi connectivity index (χ1v) is 9.51. The zero-order chi connectivity index (χ0) is 20.1. The van der Waals surface area contributed by atoms with Crippen LogP contribution < -0.4 is 14.8 Å². The SMILES string of the molecule is CCNC(=NCC(c1cnn(C)c1)N(C)C)N(C)Cc1ccc2c(c1)OCO2.I. The number of hydrogen-bond acceptors (Lipinski definition) is 5. The van der Waals surface area contributed by atoms with E-state index in [9.17, 15) is 0 Å². The maximum Gasteiger partial charge on any atom is 0.231 e. The second kappa shape index (κ2) is 10.7. The standard InChI is InChI=1S/C20H30N6O2.HI/c1-6-21-20(22-11-17(24(2)3)16-10-23-26(5)13-16)25(4)12-15-7-8-18-19(9-15)28-14-27-18;/h7-10,13,17H,6,11-12,14H2,1-5H3,(H,21,22);1H. The van der Waals surface area contributed by atoms with Gasteiger partial charge in [-0.2, -0.15) is 5.10 Å². The van der Waals surface area contributed by atoms with E-state index in [1.165, 1.54) is 0 Å². The fraction of sp³-hybridized carbons (Fsp3) is 0.500. The average Bonchev–Trinajstić information content (AvgIpc) is 3.29. The van der Waals surface area contributed by atoms with Crippen molar-refractivity contribution in [2.24, 2.45) is 12.0 Å². The van der Waals surface area contributed by atoms with Crippen LogP contribution in [0.1, 0.15) is 24.1 Å². The predicted octanol–water partition coefficient (Wildman–Crippen LogP) is 2.47. The molecule has 0 aliphatic carbocycles. The lowest BCUT2D eigenvalue weighted by Gasteiger charge is -2.25. The van der Waals surface area contributed by atoms with Crippen LogP contribution >= 0.6 is 24.0 Å².